The lowest BCUT2D eigenvalue weighted by atomic mass is 9.80. The summed E-state index contributed by atoms with van der Waals surface area (Å²) in [5, 5.41) is 0.770. The van der Waals surface area contributed by atoms with E-state index in [-0.39, 0.29) is 6.04 Å². The van der Waals surface area contributed by atoms with Crippen molar-refractivity contribution in [2.45, 2.75) is 25.3 Å². The van der Waals surface area contributed by atoms with Crippen molar-refractivity contribution in [2.24, 2.45) is 11.7 Å². The lowest BCUT2D eigenvalue weighted by Gasteiger charge is -2.28. The molecule has 19 heavy (non-hydrogen) atoms. The standard InChI is InChI=1S/C15H15BrClNS/c16-15-12(17)8-13(19-15)14(18)11-6-5-9-3-1-2-4-10(9)7-11/h1-4,8,11,14H,5-7,18H2. The SMILES string of the molecule is NC(c1cc(Cl)c(Br)s1)C1CCc2ccccc2C1. The Morgan fingerprint density at radius 2 is 2.05 bits per heavy atom. The maximum absolute atomic E-state index is 6.44. The zero-order chi connectivity index (χ0) is 13.4. The van der Waals surface area contributed by atoms with Gasteiger partial charge in [-0.15, -0.1) is 11.3 Å². The molecule has 0 saturated heterocycles. The number of thiophene rings is 1. The lowest BCUT2D eigenvalue weighted by molar-refractivity contribution is 0.386. The van der Waals surface area contributed by atoms with Gasteiger partial charge < -0.3 is 5.73 Å². The molecule has 0 bridgehead atoms. The smallest absolute Gasteiger partial charge is 0.0887 e. The van der Waals surface area contributed by atoms with Crippen LogP contribution < -0.4 is 5.73 Å². The van der Waals surface area contributed by atoms with Crippen LogP contribution in [0.2, 0.25) is 5.02 Å². The van der Waals surface area contributed by atoms with Crippen LogP contribution in [0.25, 0.3) is 0 Å². The number of fused-ring (bicyclic) bond motifs is 1. The molecule has 2 atom stereocenters. The second kappa shape index (κ2) is 5.57. The fraction of sp³-hybridized carbons (Fsp3) is 0.333. The summed E-state index contributed by atoms with van der Waals surface area (Å²) in [6.45, 7) is 0. The molecule has 1 aliphatic rings. The van der Waals surface area contributed by atoms with Crippen LogP contribution in [0.5, 0.6) is 0 Å². The quantitative estimate of drug-likeness (QED) is 0.808. The topological polar surface area (TPSA) is 26.0 Å². The zero-order valence-corrected chi connectivity index (χ0v) is 13.6. The van der Waals surface area contributed by atoms with Gasteiger partial charge in [-0.3, -0.25) is 0 Å². The van der Waals surface area contributed by atoms with E-state index in [2.05, 4.69) is 40.2 Å². The highest BCUT2D eigenvalue weighted by atomic mass is 79.9. The predicted molar refractivity (Wildman–Crippen MR) is 85.9 cm³/mol. The Morgan fingerprint density at radius 1 is 1.32 bits per heavy atom. The molecule has 1 aromatic heterocycles. The van der Waals surface area contributed by atoms with Gasteiger partial charge in [0.15, 0.2) is 0 Å². The van der Waals surface area contributed by atoms with E-state index in [9.17, 15) is 0 Å². The van der Waals surface area contributed by atoms with Crippen molar-refractivity contribution in [1.29, 1.82) is 0 Å². The minimum Gasteiger partial charge on any atom is -0.323 e. The van der Waals surface area contributed by atoms with Crippen molar-refractivity contribution in [1.82, 2.24) is 0 Å². The summed E-state index contributed by atoms with van der Waals surface area (Å²) in [7, 11) is 0. The van der Waals surface area contributed by atoms with E-state index in [1.807, 2.05) is 6.07 Å². The van der Waals surface area contributed by atoms with Crippen LogP contribution >= 0.6 is 38.9 Å². The van der Waals surface area contributed by atoms with Crippen molar-refractivity contribution in [3.8, 4) is 0 Å². The maximum atomic E-state index is 6.44. The Kier molecular flexibility index (Phi) is 3.99. The van der Waals surface area contributed by atoms with Crippen molar-refractivity contribution < 1.29 is 0 Å². The summed E-state index contributed by atoms with van der Waals surface area (Å²) in [5.41, 5.74) is 9.38. The number of nitrogens with two attached hydrogens (primary N) is 1. The van der Waals surface area contributed by atoms with E-state index in [1.54, 1.807) is 11.3 Å². The average Bonchev–Trinajstić information content (AvgIpc) is 2.77. The summed E-state index contributed by atoms with van der Waals surface area (Å²) in [4.78, 5) is 1.18. The molecule has 1 aliphatic carbocycles. The van der Waals surface area contributed by atoms with Crippen molar-refractivity contribution in [3.63, 3.8) is 0 Å². The first kappa shape index (κ1) is 13.6. The second-order valence-corrected chi connectivity index (χ2v) is 7.88. The fourth-order valence-electron chi connectivity index (χ4n) is 2.79. The van der Waals surface area contributed by atoms with Gasteiger partial charge in [0.05, 0.1) is 8.81 Å². The zero-order valence-electron chi connectivity index (χ0n) is 10.4. The van der Waals surface area contributed by atoms with E-state index in [4.69, 9.17) is 17.3 Å². The Bertz CT molecular complexity index is 576. The molecule has 1 nitrogen and oxygen atoms in total. The first-order valence-corrected chi connectivity index (χ1v) is 8.41. The highest BCUT2D eigenvalue weighted by Crippen LogP contribution is 2.39. The van der Waals surface area contributed by atoms with Crippen LogP contribution in [0.3, 0.4) is 0 Å². The van der Waals surface area contributed by atoms with Gasteiger partial charge in [-0.25, -0.2) is 0 Å². The minimum atomic E-state index is 0.0853. The Balaban J connectivity index is 1.81. The van der Waals surface area contributed by atoms with Gasteiger partial charge in [0, 0.05) is 10.9 Å². The number of aryl methyl sites for hydroxylation is 1. The van der Waals surface area contributed by atoms with E-state index < -0.39 is 0 Å². The summed E-state index contributed by atoms with van der Waals surface area (Å²) in [6, 6.07) is 10.8. The molecule has 0 aliphatic heterocycles. The summed E-state index contributed by atoms with van der Waals surface area (Å²) < 4.78 is 0.982. The molecule has 4 heteroatoms. The summed E-state index contributed by atoms with van der Waals surface area (Å²) in [5.74, 6) is 0.511. The van der Waals surface area contributed by atoms with E-state index in [1.165, 1.54) is 16.0 Å². The van der Waals surface area contributed by atoms with Crippen LogP contribution in [0, 0.1) is 5.92 Å². The van der Waals surface area contributed by atoms with Gasteiger partial charge in [-0.05, 0) is 58.3 Å². The molecular weight excluding hydrogens is 342 g/mol. The Labute approximate surface area is 130 Å². The van der Waals surface area contributed by atoms with Gasteiger partial charge >= 0.3 is 0 Å². The highest BCUT2D eigenvalue weighted by Gasteiger charge is 2.26. The maximum Gasteiger partial charge on any atom is 0.0887 e. The van der Waals surface area contributed by atoms with Crippen LogP contribution in [0.1, 0.15) is 28.5 Å². The largest absolute Gasteiger partial charge is 0.323 e. The van der Waals surface area contributed by atoms with Crippen molar-refractivity contribution in [3.05, 3.63) is 55.1 Å². The molecule has 1 aromatic carbocycles. The normalized spacial score (nSPS) is 20.1. The molecule has 0 spiro atoms. The van der Waals surface area contributed by atoms with E-state index in [0.717, 1.165) is 28.1 Å². The third-order valence-corrected chi connectivity index (χ3v) is 6.46. The minimum absolute atomic E-state index is 0.0853. The number of hydrogen-bond donors (Lipinski definition) is 1. The van der Waals surface area contributed by atoms with Gasteiger partial charge in [0.25, 0.3) is 0 Å². The second-order valence-electron chi connectivity index (χ2n) is 5.07. The van der Waals surface area contributed by atoms with Crippen LogP contribution in [-0.4, -0.2) is 0 Å². The van der Waals surface area contributed by atoms with Gasteiger partial charge in [-0.1, -0.05) is 35.9 Å². The molecule has 1 heterocycles. The van der Waals surface area contributed by atoms with Crippen LogP contribution in [-0.2, 0) is 12.8 Å². The van der Waals surface area contributed by atoms with Gasteiger partial charge in [-0.2, -0.15) is 0 Å². The Hall–Kier alpha value is -0.350. The summed E-state index contributed by atoms with van der Waals surface area (Å²) in [6.07, 6.45) is 3.37. The van der Waals surface area contributed by atoms with Gasteiger partial charge in [0.1, 0.15) is 0 Å². The average molecular weight is 357 g/mol. The van der Waals surface area contributed by atoms with Crippen LogP contribution in [0.4, 0.5) is 0 Å². The van der Waals surface area contributed by atoms with Crippen molar-refractivity contribution in [2.75, 3.05) is 0 Å². The van der Waals surface area contributed by atoms with Gasteiger partial charge in [0.2, 0.25) is 0 Å². The highest BCUT2D eigenvalue weighted by molar-refractivity contribution is 9.11. The molecule has 0 amide bonds. The molecule has 0 saturated carbocycles. The summed E-state index contributed by atoms with van der Waals surface area (Å²) >= 11 is 11.2. The molecule has 0 radical (unpaired) electrons. The monoisotopic (exact) mass is 355 g/mol. The fourth-order valence-corrected chi connectivity index (χ4v) is 4.63. The molecule has 2 N–H and O–H groups in total. The van der Waals surface area contributed by atoms with E-state index >= 15 is 0 Å². The molecule has 2 aromatic rings. The number of benzene rings is 1. The molecule has 0 fully saturated rings. The van der Waals surface area contributed by atoms with E-state index in [0.29, 0.717) is 5.92 Å². The van der Waals surface area contributed by atoms with Crippen LogP contribution in [0.15, 0.2) is 34.1 Å². The first-order valence-electron chi connectivity index (χ1n) is 6.42. The molecule has 100 valence electrons. The van der Waals surface area contributed by atoms with Crippen molar-refractivity contribution >= 4 is 38.9 Å². The molecule has 2 unspecified atom stereocenters. The molecular formula is C15H15BrClNS. The third kappa shape index (κ3) is 2.75. The number of hydrogen-bond acceptors (Lipinski definition) is 2. The number of rotatable bonds is 2. The first-order chi connectivity index (χ1) is 9.15. The molecule has 3 rings (SSSR count). The predicted octanol–water partition coefficient (Wildman–Crippen LogP) is 4.97. The number of halogens is 2. The Morgan fingerprint density at radius 3 is 2.74 bits per heavy atom. The lowest BCUT2D eigenvalue weighted by Crippen LogP contribution is -2.26. The third-order valence-electron chi connectivity index (χ3n) is 3.89.